The van der Waals surface area contributed by atoms with Crippen molar-refractivity contribution in [3.8, 4) is 0 Å². The first-order valence-corrected chi connectivity index (χ1v) is 9.26. The van der Waals surface area contributed by atoms with Crippen molar-refractivity contribution in [3.05, 3.63) is 34.7 Å². The fourth-order valence-electron chi connectivity index (χ4n) is 3.19. The van der Waals surface area contributed by atoms with E-state index in [1.165, 1.54) is 0 Å². The average Bonchev–Trinajstić information content (AvgIpc) is 3.10. The lowest BCUT2D eigenvalue weighted by atomic mass is 10.1. The molecule has 1 heterocycles. The summed E-state index contributed by atoms with van der Waals surface area (Å²) in [6.45, 7) is 1.98. The first-order valence-electron chi connectivity index (χ1n) is 8.03. The molecule has 0 saturated heterocycles. The Balaban J connectivity index is 0.000000399. The van der Waals surface area contributed by atoms with Crippen LogP contribution in [0.15, 0.2) is 24.3 Å². The summed E-state index contributed by atoms with van der Waals surface area (Å²) in [5.74, 6) is 0.137. The van der Waals surface area contributed by atoms with E-state index in [1.807, 2.05) is 25.1 Å². The normalized spacial score (nSPS) is 16.9. The molecule has 25 heavy (non-hydrogen) atoms. The van der Waals surface area contributed by atoms with Gasteiger partial charge in [-0.1, -0.05) is 25.8 Å². The number of benzene rings is 1. The van der Waals surface area contributed by atoms with E-state index in [-0.39, 0.29) is 5.92 Å². The van der Waals surface area contributed by atoms with Crippen LogP contribution in [0.5, 0.6) is 0 Å². The van der Waals surface area contributed by atoms with E-state index in [4.69, 9.17) is 0 Å². The van der Waals surface area contributed by atoms with E-state index in [0.717, 1.165) is 43.1 Å². The number of halogens is 7. The molecule has 0 spiro atoms. The minimum absolute atomic E-state index is 0.137. The van der Waals surface area contributed by atoms with Crippen molar-refractivity contribution in [2.45, 2.75) is 50.5 Å². The van der Waals surface area contributed by atoms with Crippen molar-refractivity contribution in [1.82, 2.24) is 0 Å². The van der Waals surface area contributed by atoms with Crippen LogP contribution in [-0.2, 0) is 11.9 Å². The highest BCUT2D eigenvalue weighted by atomic mass is 32.2. The Morgan fingerprint density at radius 2 is 1.60 bits per heavy atom. The quantitative estimate of drug-likeness (QED) is 0.283. The summed E-state index contributed by atoms with van der Waals surface area (Å²) in [5.41, 5.74) is -3.15. The van der Waals surface area contributed by atoms with Gasteiger partial charge in [-0.2, -0.15) is 0 Å². The molecule has 0 N–H and O–H groups in total. The van der Waals surface area contributed by atoms with Gasteiger partial charge in [-0.25, -0.2) is 0 Å². The highest BCUT2D eigenvalue weighted by Gasteiger charge is 2.49. The molecule has 1 fully saturated rings. The fourth-order valence-corrected chi connectivity index (χ4v) is 5.40. The molecule has 0 bridgehead atoms. The number of thiophene rings is 1. The first kappa shape index (κ1) is 20.1. The van der Waals surface area contributed by atoms with Crippen LogP contribution in [0.1, 0.15) is 49.0 Å². The van der Waals surface area contributed by atoms with Crippen LogP contribution in [0, 0.1) is 0 Å². The standard InChI is InChI=1S/C16H18F3S.BF4/c1-2-11-7-8-13-10-15(12-5-3-4-6-12)20(14(13)9-11)16(17,18)19;2-1(3,4)5/h7-10,12H,2-6H2,1H3;/q+1;-1. The van der Waals surface area contributed by atoms with E-state index in [0.29, 0.717) is 9.58 Å². The SMILES string of the molecule is CCc1ccc2cc(C3CCCC3)[s+](C(F)(F)F)c2c1.F[B-](F)(F)F. The number of hydrogen-bond donors (Lipinski definition) is 0. The Labute approximate surface area is 144 Å². The van der Waals surface area contributed by atoms with Gasteiger partial charge in [-0.15, -0.1) is 13.2 Å². The Hall–Kier alpha value is -1.25. The Morgan fingerprint density at radius 3 is 2.08 bits per heavy atom. The van der Waals surface area contributed by atoms with Gasteiger partial charge < -0.3 is 17.3 Å². The molecule has 0 amide bonds. The zero-order valence-corrected chi connectivity index (χ0v) is 14.4. The van der Waals surface area contributed by atoms with Gasteiger partial charge in [-0.05, 0) is 30.9 Å². The predicted molar refractivity (Wildman–Crippen MR) is 88.5 cm³/mol. The van der Waals surface area contributed by atoms with Crippen molar-refractivity contribution >= 4 is 27.8 Å². The van der Waals surface area contributed by atoms with Crippen molar-refractivity contribution in [3.63, 3.8) is 0 Å². The molecular weight excluding hydrogens is 368 g/mol. The summed E-state index contributed by atoms with van der Waals surface area (Å²) in [7, 11) is -7.70. The third kappa shape index (κ3) is 5.36. The van der Waals surface area contributed by atoms with E-state index in [2.05, 4.69) is 0 Å². The predicted octanol–water partition coefficient (Wildman–Crippen LogP) is 7.59. The molecule has 0 radical (unpaired) electrons. The fraction of sp³-hybridized carbons (Fsp3) is 0.500. The van der Waals surface area contributed by atoms with Crippen LogP contribution in [0.4, 0.5) is 30.4 Å². The number of hydrogen-bond acceptors (Lipinski definition) is 0. The lowest BCUT2D eigenvalue weighted by Crippen LogP contribution is -2.02. The second-order valence-electron chi connectivity index (χ2n) is 6.00. The third-order valence-electron chi connectivity index (χ3n) is 4.23. The molecule has 140 valence electrons. The highest BCUT2D eigenvalue weighted by Crippen LogP contribution is 2.55. The van der Waals surface area contributed by atoms with Gasteiger partial charge in [0.1, 0.15) is 0 Å². The van der Waals surface area contributed by atoms with Crippen molar-refractivity contribution in [2.24, 2.45) is 0 Å². The molecule has 1 aliphatic carbocycles. The summed E-state index contributed by atoms with van der Waals surface area (Å²) < 4.78 is 80.1. The summed E-state index contributed by atoms with van der Waals surface area (Å²) in [4.78, 5) is 0.637. The molecule has 9 heteroatoms. The van der Waals surface area contributed by atoms with Crippen molar-refractivity contribution in [2.75, 3.05) is 0 Å². The van der Waals surface area contributed by atoms with Gasteiger partial charge >= 0.3 is 12.8 Å². The second-order valence-corrected chi connectivity index (χ2v) is 7.99. The van der Waals surface area contributed by atoms with E-state index in [9.17, 15) is 30.4 Å². The minimum Gasteiger partial charge on any atom is -0.418 e. The summed E-state index contributed by atoms with van der Waals surface area (Å²) in [5, 5.41) is 0.782. The molecule has 0 aliphatic heterocycles. The number of rotatable bonds is 2. The largest absolute Gasteiger partial charge is 0.673 e. The van der Waals surface area contributed by atoms with Gasteiger partial charge in [0.25, 0.3) is 0 Å². The average molecular weight is 386 g/mol. The molecule has 1 saturated carbocycles. The zero-order chi connectivity index (χ0) is 18.8. The number of alkyl halides is 3. The first-order chi connectivity index (χ1) is 11.5. The molecular formula is C16H18BF7S. The number of fused-ring (bicyclic) bond motifs is 1. The summed E-state index contributed by atoms with van der Waals surface area (Å²) >= 11 is 0. The Kier molecular flexibility index (Phi) is 6.07. The molecule has 1 unspecified atom stereocenters. The maximum absolute atomic E-state index is 13.6. The van der Waals surface area contributed by atoms with Crippen LogP contribution in [0.25, 0.3) is 10.1 Å². The van der Waals surface area contributed by atoms with E-state index < -0.39 is 23.2 Å². The van der Waals surface area contributed by atoms with Crippen LogP contribution in [-0.4, -0.2) is 7.25 Å². The third-order valence-corrected chi connectivity index (χ3v) is 6.41. The van der Waals surface area contributed by atoms with Gasteiger partial charge in [0, 0.05) is 23.4 Å². The monoisotopic (exact) mass is 386 g/mol. The van der Waals surface area contributed by atoms with Crippen LogP contribution < -0.4 is 0 Å². The number of aryl methyl sites for hydroxylation is 1. The smallest absolute Gasteiger partial charge is 0.418 e. The Bertz CT molecular complexity index is 706. The van der Waals surface area contributed by atoms with E-state index >= 15 is 0 Å². The van der Waals surface area contributed by atoms with Crippen molar-refractivity contribution < 1.29 is 30.4 Å². The van der Waals surface area contributed by atoms with Crippen LogP contribution in [0.2, 0.25) is 0 Å². The highest BCUT2D eigenvalue weighted by molar-refractivity contribution is 7.38. The minimum atomic E-state index is -6.00. The molecule has 1 aliphatic rings. The molecule has 1 atom stereocenters. The molecule has 1 aromatic carbocycles. The van der Waals surface area contributed by atoms with Gasteiger partial charge in [0.2, 0.25) is 0 Å². The molecule has 0 nitrogen and oxygen atoms in total. The van der Waals surface area contributed by atoms with Gasteiger partial charge in [-0.3, -0.25) is 0 Å². The maximum atomic E-state index is 13.6. The summed E-state index contributed by atoms with van der Waals surface area (Å²) in [6, 6.07) is 7.40. The van der Waals surface area contributed by atoms with Gasteiger partial charge in [0.15, 0.2) is 9.58 Å². The topological polar surface area (TPSA) is 0 Å². The lowest BCUT2D eigenvalue weighted by molar-refractivity contribution is -0.0868. The van der Waals surface area contributed by atoms with Crippen LogP contribution in [0.3, 0.4) is 0 Å². The Morgan fingerprint density at radius 1 is 1.04 bits per heavy atom. The maximum Gasteiger partial charge on any atom is 0.673 e. The molecule has 2 aromatic rings. The molecule has 3 rings (SSSR count). The van der Waals surface area contributed by atoms with E-state index in [1.54, 1.807) is 6.07 Å². The summed E-state index contributed by atoms with van der Waals surface area (Å²) in [6.07, 6.45) is 4.74. The lowest BCUT2D eigenvalue weighted by Gasteiger charge is -2.05. The second kappa shape index (κ2) is 7.56. The zero-order valence-electron chi connectivity index (χ0n) is 13.6. The van der Waals surface area contributed by atoms with Crippen molar-refractivity contribution in [1.29, 1.82) is 0 Å². The van der Waals surface area contributed by atoms with Gasteiger partial charge in [0.05, 0.1) is 10.5 Å². The van der Waals surface area contributed by atoms with Crippen LogP contribution >= 0.6 is 10.5 Å². The molecule has 1 aromatic heterocycles.